The highest BCUT2D eigenvalue weighted by molar-refractivity contribution is 5.29. The number of fused-ring (bicyclic) bond motifs is 1. The molecule has 2 saturated heterocycles. The van der Waals surface area contributed by atoms with Crippen molar-refractivity contribution >= 4 is 0 Å². The van der Waals surface area contributed by atoms with E-state index < -0.39 is 0 Å². The molecule has 1 unspecified atom stereocenters. The van der Waals surface area contributed by atoms with Crippen molar-refractivity contribution in [2.75, 3.05) is 26.7 Å². The van der Waals surface area contributed by atoms with Crippen molar-refractivity contribution in [3.8, 4) is 5.75 Å². The van der Waals surface area contributed by atoms with E-state index in [2.05, 4.69) is 41.4 Å². The van der Waals surface area contributed by atoms with Crippen LogP contribution < -0.4 is 10.1 Å². The highest BCUT2D eigenvalue weighted by atomic mass is 16.5. The molecule has 19 heavy (non-hydrogen) atoms. The van der Waals surface area contributed by atoms with E-state index >= 15 is 0 Å². The van der Waals surface area contributed by atoms with Gasteiger partial charge in [0.05, 0.1) is 7.11 Å². The predicted octanol–water partition coefficient (Wildman–Crippen LogP) is 2.44. The van der Waals surface area contributed by atoms with Crippen molar-refractivity contribution in [2.45, 2.75) is 31.8 Å². The first-order valence-corrected chi connectivity index (χ1v) is 7.39. The first-order chi connectivity index (χ1) is 9.28. The summed E-state index contributed by atoms with van der Waals surface area (Å²) in [7, 11) is 1.72. The second kappa shape index (κ2) is 5.51. The minimum absolute atomic E-state index is 0.498. The molecular weight excluding hydrogens is 236 g/mol. The Bertz CT molecular complexity index is 403. The average molecular weight is 260 g/mol. The van der Waals surface area contributed by atoms with Crippen molar-refractivity contribution in [3.05, 3.63) is 29.8 Å². The molecule has 1 aromatic rings. The van der Waals surface area contributed by atoms with E-state index in [1.54, 1.807) is 7.11 Å². The number of hydrogen-bond acceptors (Lipinski definition) is 3. The first kappa shape index (κ1) is 12.9. The summed E-state index contributed by atoms with van der Waals surface area (Å²) in [6.45, 7) is 5.95. The summed E-state index contributed by atoms with van der Waals surface area (Å²) in [4.78, 5) is 2.62. The number of methoxy groups -OCH3 is 1. The maximum atomic E-state index is 5.23. The monoisotopic (exact) mass is 260 g/mol. The zero-order chi connectivity index (χ0) is 13.2. The Labute approximate surface area is 115 Å². The number of likely N-dealkylation sites (tertiary alicyclic amines) is 1. The van der Waals surface area contributed by atoms with Crippen LogP contribution in [0.3, 0.4) is 0 Å². The van der Waals surface area contributed by atoms with Gasteiger partial charge in [0.2, 0.25) is 0 Å². The Balaban J connectivity index is 1.68. The Morgan fingerprint density at radius 2 is 2.05 bits per heavy atom. The molecule has 0 bridgehead atoms. The lowest BCUT2D eigenvalue weighted by atomic mass is 9.94. The Kier molecular flexibility index (Phi) is 3.76. The minimum Gasteiger partial charge on any atom is -0.497 e. The molecule has 2 aliphatic rings. The fourth-order valence-electron chi connectivity index (χ4n) is 3.49. The third-order valence-electron chi connectivity index (χ3n) is 4.77. The van der Waals surface area contributed by atoms with Gasteiger partial charge in [0.25, 0.3) is 0 Å². The van der Waals surface area contributed by atoms with Gasteiger partial charge in [-0.3, -0.25) is 4.90 Å². The molecule has 3 heteroatoms. The number of rotatable bonds is 3. The molecule has 2 fully saturated rings. The number of piperidine rings is 1. The lowest BCUT2D eigenvalue weighted by Crippen LogP contribution is -2.40. The standard InChI is InChI=1S/C16H24N2O/c1-12(13-5-7-15(19-2)8-6-13)18-10-14-4-3-9-17-16(14)11-18/h5-8,12,14,16-17H,3-4,9-11H2,1-2H3/t12?,14-,16+/m0/s1. The van der Waals surface area contributed by atoms with Crippen molar-refractivity contribution in [3.63, 3.8) is 0 Å². The molecule has 2 aliphatic heterocycles. The predicted molar refractivity (Wildman–Crippen MR) is 77.5 cm³/mol. The molecule has 104 valence electrons. The van der Waals surface area contributed by atoms with Crippen LogP contribution in [0.4, 0.5) is 0 Å². The molecular formula is C16H24N2O. The molecule has 0 aromatic heterocycles. The summed E-state index contributed by atoms with van der Waals surface area (Å²) >= 11 is 0. The lowest BCUT2D eigenvalue weighted by molar-refractivity contribution is 0.250. The molecule has 0 amide bonds. The molecule has 0 spiro atoms. The van der Waals surface area contributed by atoms with Gasteiger partial charge in [0.15, 0.2) is 0 Å². The van der Waals surface area contributed by atoms with Gasteiger partial charge in [0, 0.05) is 25.2 Å². The molecule has 0 saturated carbocycles. The topological polar surface area (TPSA) is 24.5 Å². The zero-order valence-corrected chi connectivity index (χ0v) is 11.9. The van der Waals surface area contributed by atoms with E-state index in [9.17, 15) is 0 Å². The molecule has 2 heterocycles. The molecule has 3 rings (SSSR count). The van der Waals surface area contributed by atoms with E-state index in [1.807, 2.05) is 0 Å². The second-order valence-corrected chi connectivity index (χ2v) is 5.87. The maximum Gasteiger partial charge on any atom is 0.118 e. The van der Waals surface area contributed by atoms with E-state index in [0.29, 0.717) is 6.04 Å². The highest BCUT2D eigenvalue weighted by Crippen LogP contribution is 2.31. The number of nitrogens with zero attached hydrogens (tertiary/aromatic N) is 1. The summed E-state index contributed by atoms with van der Waals surface area (Å²) in [5.41, 5.74) is 1.39. The van der Waals surface area contributed by atoms with Crippen LogP contribution in [0.5, 0.6) is 5.75 Å². The molecule has 1 N–H and O–H groups in total. The average Bonchev–Trinajstić information content (AvgIpc) is 2.90. The third kappa shape index (κ3) is 2.63. The van der Waals surface area contributed by atoms with Crippen LogP contribution in [0.1, 0.15) is 31.4 Å². The van der Waals surface area contributed by atoms with Crippen molar-refractivity contribution in [1.82, 2.24) is 10.2 Å². The summed E-state index contributed by atoms with van der Waals surface area (Å²) in [6.07, 6.45) is 2.73. The van der Waals surface area contributed by atoms with Crippen LogP contribution >= 0.6 is 0 Å². The van der Waals surface area contributed by atoms with E-state index in [4.69, 9.17) is 4.74 Å². The van der Waals surface area contributed by atoms with E-state index in [-0.39, 0.29) is 0 Å². The largest absolute Gasteiger partial charge is 0.497 e. The SMILES string of the molecule is COc1ccc(C(C)N2C[C@@H]3CCCN[C@@H]3C2)cc1. The summed E-state index contributed by atoms with van der Waals surface area (Å²) in [5, 5.41) is 3.67. The summed E-state index contributed by atoms with van der Waals surface area (Å²) in [5.74, 6) is 1.79. The van der Waals surface area contributed by atoms with Gasteiger partial charge in [0.1, 0.15) is 5.75 Å². The van der Waals surface area contributed by atoms with Crippen molar-refractivity contribution in [2.24, 2.45) is 5.92 Å². The van der Waals surface area contributed by atoms with Gasteiger partial charge < -0.3 is 10.1 Å². The fraction of sp³-hybridized carbons (Fsp3) is 0.625. The molecule has 3 atom stereocenters. The van der Waals surface area contributed by atoms with Gasteiger partial charge in [-0.15, -0.1) is 0 Å². The molecule has 0 radical (unpaired) electrons. The Morgan fingerprint density at radius 3 is 2.74 bits per heavy atom. The molecule has 1 aromatic carbocycles. The minimum atomic E-state index is 0.498. The van der Waals surface area contributed by atoms with Gasteiger partial charge in [-0.05, 0) is 49.9 Å². The van der Waals surface area contributed by atoms with Gasteiger partial charge >= 0.3 is 0 Å². The number of ether oxygens (including phenoxy) is 1. The van der Waals surface area contributed by atoms with Crippen LogP contribution in [-0.2, 0) is 0 Å². The van der Waals surface area contributed by atoms with Crippen LogP contribution in [0.2, 0.25) is 0 Å². The Hall–Kier alpha value is -1.06. The number of hydrogen-bond donors (Lipinski definition) is 1. The summed E-state index contributed by atoms with van der Waals surface area (Å²) in [6, 6.07) is 9.73. The van der Waals surface area contributed by atoms with Crippen LogP contribution in [0, 0.1) is 5.92 Å². The normalized spacial score (nSPS) is 28.9. The van der Waals surface area contributed by atoms with Gasteiger partial charge in [-0.2, -0.15) is 0 Å². The third-order valence-corrected chi connectivity index (χ3v) is 4.77. The van der Waals surface area contributed by atoms with Gasteiger partial charge in [-0.1, -0.05) is 12.1 Å². The number of benzene rings is 1. The molecule has 3 nitrogen and oxygen atoms in total. The van der Waals surface area contributed by atoms with Crippen LogP contribution in [-0.4, -0.2) is 37.7 Å². The lowest BCUT2D eigenvalue weighted by Gasteiger charge is -2.25. The zero-order valence-electron chi connectivity index (χ0n) is 11.9. The summed E-state index contributed by atoms with van der Waals surface area (Å²) < 4.78 is 5.23. The van der Waals surface area contributed by atoms with Crippen LogP contribution in [0.15, 0.2) is 24.3 Å². The van der Waals surface area contributed by atoms with E-state index in [1.165, 1.54) is 38.0 Å². The fourth-order valence-corrected chi connectivity index (χ4v) is 3.49. The first-order valence-electron chi connectivity index (χ1n) is 7.39. The van der Waals surface area contributed by atoms with E-state index in [0.717, 1.165) is 17.7 Å². The van der Waals surface area contributed by atoms with Gasteiger partial charge in [-0.25, -0.2) is 0 Å². The highest BCUT2D eigenvalue weighted by Gasteiger charge is 2.36. The second-order valence-electron chi connectivity index (χ2n) is 5.87. The van der Waals surface area contributed by atoms with Crippen molar-refractivity contribution in [1.29, 1.82) is 0 Å². The molecule has 0 aliphatic carbocycles. The smallest absolute Gasteiger partial charge is 0.118 e. The number of nitrogens with one attached hydrogen (secondary N) is 1. The Morgan fingerprint density at radius 1 is 1.26 bits per heavy atom. The van der Waals surface area contributed by atoms with Crippen molar-refractivity contribution < 1.29 is 4.74 Å². The quantitative estimate of drug-likeness (QED) is 0.903. The maximum absolute atomic E-state index is 5.23. The van der Waals surface area contributed by atoms with Crippen LogP contribution in [0.25, 0.3) is 0 Å².